The lowest BCUT2D eigenvalue weighted by molar-refractivity contribution is 0.0762. The number of pyridine rings is 1. The van der Waals surface area contributed by atoms with Crippen LogP contribution in [0.1, 0.15) is 61.3 Å². The number of hydrogen-bond acceptors (Lipinski definition) is 5. The van der Waals surface area contributed by atoms with Crippen LogP contribution in [0.15, 0.2) is 12.3 Å². The fourth-order valence-electron chi connectivity index (χ4n) is 3.84. The van der Waals surface area contributed by atoms with Crippen LogP contribution in [-0.4, -0.2) is 49.8 Å². The first kappa shape index (κ1) is 19.1. The predicted molar refractivity (Wildman–Crippen MR) is 98.4 cm³/mol. The van der Waals surface area contributed by atoms with Gasteiger partial charge in [0.2, 0.25) is 0 Å². The summed E-state index contributed by atoms with van der Waals surface area (Å²) in [5.41, 5.74) is 2.08. The van der Waals surface area contributed by atoms with E-state index < -0.39 is 22.2 Å². The first-order valence-corrected chi connectivity index (χ1v) is 9.91. The number of aromatic nitrogens is 1. The molecule has 3 rings (SSSR count). The Hall–Kier alpha value is -1.64. The van der Waals surface area contributed by atoms with Gasteiger partial charge in [-0.15, -0.1) is 4.72 Å². The van der Waals surface area contributed by atoms with Gasteiger partial charge in [0, 0.05) is 47.3 Å². The molecule has 1 aliphatic carbocycles. The molecule has 0 radical (unpaired) electrons. The Balaban J connectivity index is 1.94. The lowest BCUT2D eigenvalue weighted by Gasteiger charge is -2.43. The third-order valence-electron chi connectivity index (χ3n) is 5.41. The number of carbonyl (C=O) groups is 2. The Morgan fingerprint density at radius 1 is 1.46 bits per heavy atom. The predicted octanol–water partition coefficient (Wildman–Crippen LogP) is 2.30. The molecule has 0 aromatic carbocycles. The molecule has 8 heteroatoms. The summed E-state index contributed by atoms with van der Waals surface area (Å²) in [5, 5.41) is 9.24. The van der Waals surface area contributed by atoms with Crippen molar-refractivity contribution in [2.45, 2.75) is 50.8 Å². The van der Waals surface area contributed by atoms with Crippen LogP contribution >= 0.6 is 0 Å². The van der Waals surface area contributed by atoms with E-state index in [-0.39, 0.29) is 11.5 Å². The van der Waals surface area contributed by atoms with Gasteiger partial charge in [-0.3, -0.25) is 9.78 Å². The minimum absolute atomic E-state index is 0.207. The van der Waals surface area contributed by atoms with E-state index >= 15 is 0 Å². The third-order valence-corrected chi connectivity index (χ3v) is 6.98. The molecule has 1 fully saturated rings. The van der Waals surface area contributed by atoms with E-state index in [1.54, 1.807) is 6.20 Å². The summed E-state index contributed by atoms with van der Waals surface area (Å²) in [6.45, 7) is 6.62. The van der Waals surface area contributed by atoms with Gasteiger partial charge in [0.15, 0.2) is 6.29 Å². The molecule has 0 saturated carbocycles. The zero-order valence-corrected chi connectivity index (χ0v) is 16.1. The lowest BCUT2D eigenvalue weighted by Crippen LogP contribution is -2.50. The molecule has 7 nitrogen and oxygen atoms in total. The molecule has 1 aliphatic heterocycles. The fraction of sp³-hybridized carbons (Fsp3) is 0.611. The maximum absolute atomic E-state index is 12.8. The number of carbonyl (C=O) groups excluding carboxylic acids is 1. The van der Waals surface area contributed by atoms with Crippen molar-refractivity contribution in [2.24, 2.45) is 5.41 Å². The summed E-state index contributed by atoms with van der Waals surface area (Å²) in [7, 11) is 0. The van der Waals surface area contributed by atoms with Crippen molar-refractivity contribution in [1.29, 1.82) is 0 Å². The molecule has 2 N–H and O–H groups in total. The van der Waals surface area contributed by atoms with E-state index in [2.05, 4.69) is 9.71 Å². The number of carboxylic acid groups (broad SMARTS) is 1. The van der Waals surface area contributed by atoms with Gasteiger partial charge in [0.25, 0.3) is 0 Å². The van der Waals surface area contributed by atoms with Crippen LogP contribution in [0, 0.1) is 5.41 Å². The van der Waals surface area contributed by atoms with E-state index in [9.17, 15) is 19.2 Å². The van der Waals surface area contributed by atoms with Crippen LogP contribution in [0.3, 0.4) is 0 Å². The Kier molecular flexibility index (Phi) is 5.02. The largest absolute Gasteiger partial charge is 0.598 e. The third kappa shape index (κ3) is 3.45. The Labute approximate surface area is 156 Å². The standard InChI is InChI=1S/C18H25N3O4S/c1-17(2,3)26(25)20-15-13-8-12(11-22)10-19-14(13)9-18(15)4-6-21(7-5-18)16(23)24/h8,10-11,15,20H,4-7,9H2,1-3H3,(H,23,24)/t15-,26-/m1/s1. The Morgan fingerprint density at radius 2 is 2.12 bits per heavy atom. The number of nitrogens with zero attached hydrogens (tertiary/aromatic N) is 2. The van der Waals surface area contributed by atoms with Crippen molar-refractivity contribution in [1.82, 2.24) is 14.6 Å². The van der Waals surface area contributed by atoms with Gasteiger partial charge in [-0.25, -0.2) is 4.79 Å². The normalized spacial score (nSPS) is 22.9. The van der Waals surface area contributed by atoms with E-state index in [0.29, 0.717) is 37.9 Å². The van der Waals surface area contributed by atoms with Gasteiger partial charge in [0.05, 0.1) is 6.04 Å². The number of aldehydes is 1. The van der Waals surface area contributed by atoms with Crippen LogP contribution < -0.4 is 4.72 Å². The smallest absolute Gasteiger partial charge is 0.407 e. The van der Waals surface area contributed by atoms with E-state index in [1.807, 2.05) is 26.8 Å². The molecule has 0 unspecified atom stereocenters. The SMILES string of the molecule is CC(C)(C)[S@@+]([O-])N[C@@H]1c2cc(C=O)cnc2CC12CCN(C(=O)O)CC2. The molecule has 2 heterocycles. The second-order valence-corrected chi connectivity index (χ2v) is 10.2. The number of amides is 1. The molecule has 1 aromatic rings. The van der Waals surface area contributed by atoms with Crippen molar-refractivity contribution >= 4 is 23.7 Å². The second kappa shape index (κ2) is 6.83. The lowest BCUT2D eigenvalue weighted by atomic mass is 9.73. The summed E-state index contributed by atoms with van der Waals surface area (Å²) >= 11 is -1.28. The molecular weight excluding hydrogens is 354 g/mol. The summed E-state index contributed by atoms with van der Waals surface area (Å²) in [5.74, 6) is 0. The van der Waals surface area contributed by atoms with E-state index in [4.69, 9.17) is 0 Å². The van der Waals surface area contributed by atoms with Gasteiger partial charge >= 0.3 is 6.09 Å². The highest BCUT2D eigenvalue weighted by Crippen LogP contribution is 2.52. The summed E-state index contributed by atoms with van der Waals surface area (Å²) in [6, 6.07) is 1.62. The summed E-state index contributed by atoms with van der Waals surface area (Å²) in [4.78, 5) is 28.3. The maximum atomic E-state index is 12.8. The first-order chi connectivity index (χ1) is 12.2. The second-order valence-electron chi connectivity index (χ2n) is 8.16. The van der Waals surface area contributed by atoms with Crippen LogP contribution in [0.25, 0.3) is 0 Å². The van der Waals surface area contributed by atoms with Crippen molar-refractivity contribution in [3.63, 3.8) is 0 Å². The number of piperidine rings is 1. The highest BCUT2D eigenvalue weighted by atomic mass is 32.2. The fourth-order valence-corrected chi connectivity index (χ4v) is 4.78. The topological polar surface area (TPSA) is 106 Å². The summed E-state index contributed by atoms with van der Waals surface area (Å²) in [6.07, 6.45) is 3.47. The van der Waals surface area contributed by atoms with Gasteiger partial charge in [-0.05, 0) is 51.7 Å². The van der Waals surface area contributed by atoms with Gasteiger partial charge in [-0.1, -0.05) is 0 Å². The number of fused-ring (bicyclic) bond motifs is 1. The molecule has 0 bridgehead atoms. The van der Waals surface area contributed by atoms with E-state index in [1.165, 1.54) is 4.90 Å². The van der Waals surface area contributed by atoms with Crippen LogP contribution in [-0.2, 0) is 17.8 Å². The molecular formula is C18H25N3O4S. The van der Waals surface area contributed by atoms with Crippen LogP contribution in [0.4, 0.5) is 4.79 Å². The maximum Gasteiger partial charge on any atom is 0.407 e. The van der Waals surface area contributed by atoms with Crippen molar-refractivity contribution in [3.8, 4) is 0 Å². The zero-order chi connectivity index (χ0) is 19.1. The minimum Gasteiger partial charge on any atom is -0.598 e. The number of nitrogens with one attached hydrogen (secondary N) is 1. The number of hydrogen-bond donors (Lipinski definition) is 2. The number of likely N-dealkylation sites (tertiary alicyclic amines) is 1. The van der Waals surface area contributed by atoms with Crippen molar-refractivity contribution in [3.05, 3.63) is 29.1 Å². The zero-order valence-electron chi connectivity index (χ0n) is 15.3. The van der Waals surface area contributed by atoms with Crippen molar-refractivity contribution < 1.29 is 19.2 Å². The molecule has 1 saturated heterocycles. The average molecular weight is 379 g/mol. The molecule has 2 atom stereocenters. The molecule has 2 aliphatic rings. The quantitative estimate of drug-likeness (QED) is 0.617. The highest BCUT2D eigenvalue weighted by molar-refractivity contribution is 7.90. The van der Waals surface area contributed by atoms with Gasteiger partial charge in [-0.2, -0.15) is 0 Å². The minimum atomic E-state index is -1.28. The van der Waals surface area contributed by atoms with Crippen molar-refractivity contribution in [2.75, 3.05) is 13.1 Å². The highest BCUT2D eigenvalue weighted by Gasteiger charge is 2.51. The molecule has 142 valence electrons. The summed E-state index contributed by atoms with van der Waals surface area (Å²) < 4.78 is 15.6. The Bertz CT molecular complexity index is 711. The average Bonchev–Trinajstić information content (AvgIpc) is 2.87. The molecule has 26 heavy (non-hydrogen) atoms. The monoisotopic (exact) mass is 379 g/mol. The van der Waals surface area contributed by atoms with E-state index in [0.717, 1.165) is 17.5 Å². The van der Waals surface area contributed by atoms with Crippen LogP contribution in [0.5, 0.6) is 0 Å². The van der Waals surface area contributed by atoms with Gasteiger partial charge in [0.1, 0.15) is 4.75 Å². The van der Waals surface area contributed by atoms with Crippen LogP contribution in [0.2, 0.25) is 0 Å². The molecule has 1 amide bonds. The molecule has 1 spiro atoms. The first-order valence-electron chi connectivity index (χ1n) is 8.76. The van der Waals surface area contributed by atoms with Gasteiger partial charge < -0.3 is 14.6 Å². The Morgan fingerprint density at radius 3 is 2.65 bits per heavy atom. The number of rotatable bonds is 3. The molecule has 1 aromatic heterocycles.